The Balaban J connectivity index is 1.12. The number of aromatic nitrogens is 1. The van der Waals surface area contributed by atoms with Crippen molar-refractivity contribution in [2.75, 3.05) is 33.4 Å². The number of pyridine rings is 1. The van der Waals surface area contributed by atoms with Crippen LogP contribution in [0.4, 0.5) is 0 Å². The van der Waals surface area contributed by atoms with Gasteiger partial charge in [0, 0.05) is 32.8 Å². The number of ether oxygens (including phenoxy) is 2. The number of hydrogen-bond donors (Lipinski definition) is 1. The molecule has 5 rings (SSSR count). The zero-order valence-electron chi connectivity index (χ0n) is 20.3. The standard InChI is InChI=1S/C28H37N3O3/c1-31(28(32)27-9-8-26(18-30-27)34-19-21-2-3-21)25-7-6-23-14-22(4-5-24(23)15-25)17-29-16-20-10-12-33-13-11-20/h4-5,8-9,14,18,20-21,25,29H,2-3,6-7,10-13,15-17,19H2,1H3/t25-/m0/s1. The van der Waals surface area contributed by atoms with Crippen molar-refractivity contribution >= 4 is 5.91 Å². The molecule has 1 amide bonds. The van der Waals surface area contributed by atoms with Gasteiger partial charge in [0.25, 0.3) is 5.91 Å². The lowest BCUT2D eigenvalue weighted by molar-refractivity contribution is 0.0662. The zero-order valence-corrected chi connectivity index (χ0v) is 20.3. The first-order valence-electron chi connectivity index (χ1n) is 12.9. The molecule has 0 unspecified atom stereocenters. The third-order valence-electron chi connectivity index (χ3n) is 7.58. The van der Waals surface area contributed by atoms with Crippen LogP contribution < -0.4 is 10.1 Å². The average Bonchev–Trinajstić information content (AvgIpc) is 3.72. The summed E-state index contributed by atoms with van der Waals surface area (Å²) in [7, 11) is 1.91. The number of carbonyl (C=O) groups excluding carboxylic acids is 1. The van der Waals surface area contributed by atoms with E-state index < -0.39 is 0 Å². The molecular weight excluding hydrogens is 426 g/mol. The lowest BCUT2D eigenvalue weighted by atomic mass is 9.86. The van der Waals surface area contributed by atoms with Crippen molar-refractivity contribution in [3.8, 4) is 5.75 Å². The summed E-state index contributed by atoms with van der Waals surface area (Å²) in [4.78, 5) is 19.3. The van der Waals surface area contributed by atoms with E-state index >= 15 is 0 Å². The van der Waals surface area contributed by atoms with Crippen molar-refractivity contribution in [3.63, 3.8) is 0 Å². The van der Waals surface area contributed by atoms with Crippen LogP contribution in [0.25, 0.3) is 0 Å². The lowest BCUT2D eigenvalue weighted by Crippen LogP contribution is -2.41. The van der Waals surface area contributed by atoms with Gasteiger partial charge in [-0.2, -0.15) is 0 Å². The normalized spacial score (nSPS) is 20.6. The number of hydrogen-bond acceptors (Lipinski definition) is 5. The summed E-state index contributed by atoms with van der Waals surface area (Å²) in [5, 5.41) is 3.63. The fourth-order valence-corrected chi connectivity index (χ4v) is 5.04. The molecule has 1 atom stereocenters. The molecule has 1 aliphatic heterocycles. The molecule has 1 saturated heterocycles. The van der Waals surface area contributed by atoms with Crippen LogP contribution >= 0.6 is 0 Å². The van der Waals surface area contributed by atoms with Crippen molar-refractivity contribution in [2.45, 2.75) is 57.5 Å². The molecule has 2 fully saturated rings. The molecule has 182 valence electrons. The molecule has 3 aliphatic rings. The van der Waals surface area contributed by atoms with Crippen molar-refractivity contribution in [1.29, 1.82) is 0 Å². The second-order valence-electron chi connectivity index (χ2n) is 10.2. The molecule has 2 aromatic rings. The number of benzene rings is 1. The zero-order chi connectivity index (χ0) is 23.3. The van der Waals surface area contributed by atoms with E-state index in [1.54, 1.807) is 12.3 Å². The summed E-state index contributed by atoms with van der Waals surface area (Å²) in [5.74, 6) is 2.17. The molecule has 6 nitrogen and oxygen atoms in total. The number of amides is 1. The summed E-state index contributed by atoms with van der Waals surface area (Å²) >= 11 is 0. The first-order chi connectivity index (χ1) is 16.7. The van der Waals surface area contributed by atoms with Gasteiger partial charge in [-0.25, -0.2) is 4.98 Å². The second-order valence-corrected chi connectivity index (χ2v) is 10.2. The molecule has 1 aromatic carbocycles. The van der Waals surface area contributed by atoms with E-state index in [0.717, 1.165) is 63.8 Å². The Labute approximate surface area is 203 Å². The van der Waals surface area contributed by atoms with Crippen molar-refractivity contribution < 1.29 is 14.3 Å². The van der Waals surface area contributed by atoms with Crippen molar-refractivity contribution in [1.82, 2.24) is 15.2 Å². The molecule has 34 heavy (non-hydrogen) atoms. The number of likely N-dealkylation sites (N-methyl/N-ethyl adjacent to an activating group) is 1. The van der Waals surface area contributed by atoms with E-state index in [1.165, 1.54) is 42.4 Å². The van der Waals surface area contributed by atoms with E-state index in [4.69, 9.17) is 9.47 Å². The average molecular weight is 464 g/mol. The van der Waals surface area contributed by atoms with Crippen molar-refractivity contribution in [2.24, 2.45) is 11.8 Å². The fourth-order valence-electron chi connectivity index (χ4n) is 5.04. The van der Waals surface area contributed by atoms with Gasteiger partial charge < -0.3 is 19.7 Å². The number of rotatable bonds is 9. The molecule has 2 aliphatic carbocycles. The van der Waals surface area contributed by atoms with Crippen LogP contribution in [-0.4, -0.2) is 55.2 Å². The van der Waals surface area contributed by atoms with Crippen LogP contribution in [0.15, 0.2) is 36.5 Å². The van der Waals surface area contributed by atoms with E-state index in [9.17, 15) is 4.79 Å². The summed E-state index contributed by atoms with van der Waals surface area (Å²) in [5.41, 5.74) is 4.62. The molecular formula is C28H37N3O3. The topological polar surface area (TPSA) is 63.7 Å². The number of nitrogens with zero attached hydrogens (tertiary/aromatic N) is 2. The highest BCUT2D eigenvalue weighted by Crippen LogP contribution is 2.29. The van der Waals surface area contributed by atoms with Crippen molar-refractivity contribution in [3.05, 3.63) is 58.9 Å². The molecule has 6 heteroatoms. The Kier molecular flexibility index (Phi) is 7.45. The number of fused-ring (bicyclic) bond motifs is 1. The molecule has 1 N–H and O–H groups in total. The summed E-state index contributed by atoms with van der Waals surface area (Å²) < 4.78 is 11.2. The van der Waals surface area contributed by atoms with E-state index in [1.807, 2.05) is 18.0 Å². The Morgan fingerprint density at radius 2 is 1.94 bits per heavy atom. The highest BCUT2D eigenvalue weighted by Gasteiger charge is 2.27. The minimum Gasteiger partial charge on any atom is -0.492 e. The maximum Gasteiger partial charge on any atom is 0.272 e. The Morgan fingerprint density at radius 3 is 2.71 bits per heavy atom. The van der Waals surface area contributed by atoms with E-state index in [2.05, 4.69) is 28.5 Å². The SMILES string of the molecule is CN(C(=O)c1ccc(OCC2CC2)cn1)[C@H]1CCc2cc(CNCC3CCOCC3)ccc2C1. The van der Waals surface area contributed by atoms with Crippen LogP contribution in [0.3, 0.4) is 0 Å². The van der Waals surface area contributed by atoms with Crippen LogP contribution in [0.2, 0.25) is 0 Å². The highest BCUT2D eigenvalue weighted by atomic mass is 16.5. The smallest absolute Gasteiger partial charge is 0.272 e. The van der Waals surface area contributed by atoms with E-state index in [-0.39, 0.29) is 11.9 Å². The number of nitrogens with one attached hydrogen (secondary N) is 1. The lowest BCUT2D eigenvalue weighted by Gasteiger charge is -2.32. The molecule has 2 heterocycles. The monoisotopic (exact) mass is 463 g/mol. The predicted octanol–water partition coefficient (Wildman–Crippen LogP) is 4.02. The van der Waals surface area contributed by atoms with Gasteiger partial charge in [0.05, 0.1) is 12.8 Å². The van der Waals surface area contributed by atoms with Crippen LogP contribution in [-0.2, 0) is 24.1 Å². The predicted molar refractivity (Wildman–Crippen MR) is 132 cm³/mol. The third-order valence-corrected chi connectivity index (χ3v) is 7.58. The van der Waals surface area contributed by atoms with Gasteiger partial charge in [-0.3, -0.25) is 4.79 Å². The minimum atomic E-state index is -0.0175. The largest absolute Gasteiger partial charge is 0.492 e. The molecule has 0 radical (unpaired) electrons. The summed E-state index contributed by atoms with van der Waals surface area (Å²) in [6, 6.07) is 10.7. The van der Waals surface area contributed by atoms with Gasteiger partial charge in [0.15, 0.2) is 0 Å². The second kappa shape index (κ2) is 10.9. The number of carbonyl (C=O) groups is 1. The van der Waals surface area contributed by atoms with Gasteiger partial charge in [-0.05, 0) is 92.1 Å². The Morgan fingerprint density at radius 1 is 1.09 bits per heavy atom. The van der Waals surface area contributed by atoms with Gasteiger partial charge in [-0.15, -0.1) is 0 Å². The Hall–Kier alpha value is -2.44. The van der Waals surface area contributed by atoms with Gasteiger partial charge in [-0.1, -0.05) is 18.2 Å². The summed E-state index contributed by atoms with van der Waals surface area (Å²) in [6.07, 6.45) is 9.41. The molecule has 0 spiro atoms. The molecule has 0 bridgehead atoms. The van der Waals surface area contributed by atoms with Crippen LogP contribution in [0, 0.1) is 11.8 Å². The van der Waals surface area contributed by atoms with Crippen LogP contribution in [0.1, 0.15) is 59.3 Å². The highest BCUT2D eigenvalue weighted by molar-refractivity contribution is 5.92. The third kappa shape index (κ3) is 5.97. The number of aryl methyl sites for hydroxylation is 1. The van der Waals surface area contributed by atoms with E-state index in [0.29, 0.717) is 11.6 Å². The Bertz CT molecular complexity index is 967. The van der Waals surface area contributed by atoms with Crippen LogP contribution in [0.5, 0.6) is 5.75 Å². The van der Waals surface area contributed by atoms with Gasteiger partial charge in [0.1, 0.15) is 11.4 Å². The summed E-state index contributed by atoms with van der Waals surface area (Å²) in [6.45, 7) is 4.54. The molecule has 1 aromatic heterocycles. The maximum absolute atomic E-state index is 13.1. The fraction of sp³-hybridized carbons (Fsp3) is 0.571. The van der Waals surface area contributed by atoms with Gasteiger partial charge in [0.2, 0.25) is 0 Å². The quantitative estimate of drug-likeness (QED) is 0.609. The first kappa shape index (κ1) is 23.3. The maximum atomic E-state index is 13.1. The molecule has 1 saturated carbocycles. The van der Waals surface area contributed by atoms with Gasteiger partial charge >= 0.3 is 0 Å². The first-order valence-corrected chi connectivity index (χ1v) is 12.9. The minimum absolute atomic E-state index is 0.0175.